The summed E-state index contributed by atoms with van der Waals surface area (Å²) in [6, 6.07) is 3.75. The van der Waals surface area contributed by atoms with Crippen molar-refractivity contribution in [3.05, 3.63) is 34.4 Å². The van der Waals surface area contributed by atoms with Gasteiger partial charge in [0.1, 0.15) is 6.17 Å². The van der Waals surface area contributed by atoms with Crippen LogP contribution in [-0.4, -0.2) is 5.91 Å². The van der Waals surface area contributed by atoms with Gasteiger partial charge in [0, 0.05) is 0 Å². The van der Waals surface area contributed by atoms with E-state index in [0.29, 0.717) is 5.56 Å². The molecule has 0 aliphatic carbocycles. The molecule has 1 rings (SSSR count). The minimum Gasteiger partial charge on any atom is -0.369 e. The van der Waals surface area contributed by atoms with Gasteiger partial charge in [-0.05, 0) is 41.0 Å². The SMILES string of the molecule is CC(C)c1cc([C@@H](C)F)cc(C(C)C)c1CC(N)=O. The minimum absolute atomic E-state index is 0.224. The first-order valence-corrected chi connectivity index (χ1v) is 6.83. The van der Waals surface area contributed by atoms with Crippen molar-refractivity contribution in [1.82, 2.24) is 0 Å². The van der Waals surface area contributed by atoms with Crippen molar-refractivity contribution < 1.29 is 9.18 Å². The molecule has 0 unspecified atom stereocenters. The Hall–Kier alpha value is -1.38. The third-order valence-corrected chi connectivity index (χ3v) is 3.40. The van der Waals surface area contributed by atoms with Gasteiger partial charge in [-0.15, -0.1) is 0 Å². The van der Waals surface area contributed by atoms with Crippen molar-refractivity contribution in [3.8, 4) is 0 Å². The van der Waals surface area contributed by atoms with E-state index in [1.54, 1.807) is 0 Å². The van der Waals surface area contributed by atoms with Gasteiger partial charge in [-0.1, -0.05) is 39.8 Å². The van der Waals surface area contributed by atoms with Crippen LogP contribution in [0.5, 0.6) is 0 Å². The lowest BCUT2D eigenvalue weighted by Crippen LogP contribution is -2.17. The molecule has 0 heterocycles. The number of benzene rings is 1. The highest BCUT2D eigenvalue weighted by Crippen LogP contribution is 2.32. The summed E-state index contributed by atoms with van der Waals surface area (Å²) in [6.07, 6.45) is -0.778. The number of nitrogens with two attached hydrogens (primary N) is 1. The first kappa shape index (κ1) is 15.7. The Morgan fingerprint density at radius 3 is 1.79 bits per heavy atom. The maximum absolute atomic E-state index is 13.6. The van der Waals surface area contributed by atoms with Crippen LogP contribution in [-0.2, 0) is 11.2 Å². The summed E-state index contributed by atoms with van der Waals surface area (Å²) in [5.74, 6) is 0.140. The molecule has 19 heavy (non-hydrogen) atoms. The summed E-state index contributed by atoms with van der Waals surface area (Å²) in [7, 11) is 0. The molecule has 0 aliphatic heterocycles. The standard InChI is InChI=1S/C16H24FNO/c1-9(2)13-6-12(11(5)17)7-14(10(3)4)15(13)8-16(18)19/h6-7,9-11H,8H2,1-5H3,(H2,18,19)/t11-/m1/s1. The molecular formula is C16H24FNO. The van der Waals surface area contributed by atoms with Crippen LogP contribution in [0.25, 0.3) is 0 Å². The van der Waals surface area contributed by atoms with Gasteiger partial charge in [-0.2, -0.15) is 0 Å². The minimum atomic E-state index is -1.00. The zero-order valence-corrected chi connectivity index (χ0v) is 12.5. The molecule has 0 saturated carbocycles. The van der Waals surface area contributed by atoms with Gasteiger partial charge in [0.05, 0.1) is 6.42 Å². The molecule has 1 amide bonds. The number of hydrogen-bond acceptors (Lipinski definition) is 1. The molecule has 0 aliphatic rings. The molecule has 1 atom stereocenters. The zero-order chi connectivity index (χ0) is 14.7. The van der Waals surface area contributed by atoms with Gasteiger partial charge < -0.3 is 5.73 Å². The Bertz CT molecular complexity index is 435. The van der Waals surface area contributed by atoms with E-state index in [-0.39, 0.29) is 24.2 Å². The third-order valence-electron chi connectivity index (χ3n) is 3.40. The van der Waals surface area contributed by atoms with Crippen LogP contribution in [0.2, 0.25) is 0 Å². The summed E-state index contributed by atoms with van der Waals surface area (Å²) in [6.45, 7) is 9.75. The summed E-state index contributed by atoms with van der Waals surface area (Å²) in [5, 5.41) is 0. The number of carbonyl (C=O) groups is 1. The van der Waals surface area contributed by atoms with Crippen molar-refractivity contribution in [3.63, 3.8) is 0 Å². The van der Waals surface area contributed by atoms with E-state index in [1.165, 1.54) is 6.92 Å². The van der Waals surface area contributed by atoms with Crippen molar-refractivity contribution in [1.29, 1.82) is 0 Å². The van der Waals surface area contributed by atoms with E-state index < -0.39 is 6.17 Å². The number of halogens is 1. The van der Waals surface area contributed by atoms with E-state index in [4.69, 9.17) is 5.73 Å². The Labute approximate surface area is 115 Å². The highest BCUT2D eigenvalue weighted by atomic mass is 19.1. The Kier molecular flexibility index (Phi) is 5.10. The lowest BCUT2D eigenvalue weighted by molar-refractivity contribution is -0.117. The van der Waals surface area contributed by atoms with Gasteiger partial charge in [0.15, 0.2) is 0 Å². The Morgan fingerprint density at radius 2 is 1.53 bits per heavy atom. The molecule has 106 valence electrons. The van der Waals surface area contributed by atoms with Crippen molar-refractivity contribution in [2.45, 2.75) is 59.0 Å². The number of amides is 1. The molecule has 0 aromatic heterocycles. The highest BCUT2D eigenvalue weighted by Gasteiger charge is 2.18. The van der Waals surface area contributed by atoms with E-state index >= 15 is 0 Å². The first-order valence-electron chi connectivity index (χ1n) is 6.83. The van der Waals surface area contributed by atoms with E-state index in [1.807, 2.05) is 12.1 Å². The maximum Gasteiger partial charge on any atom is 0.221 e. The molecule has 0 saturated heterocycles. The fourth-order valence-corrected chi connectivity index (χ4v) is 2.38. The van der Waals surface area contributed by atoms with Crippen LogP contribution in [0, 0.1) is 0 Å². The van der Waals surface area contributed by atoms with Crippen LogP contribution in [0.4, 0.5) is 4.39 Å². The number of rotatable bonds is 5. The topological polar surface area (TPSA) is 43.1 Å². The molecule has 0 fully saturated rings. The average Bonchev–Trinajstić information content (AvgIpc) is 2.27. The second-order valence-electron chi connectivity index (χ2n) is 5.75. The summed E-state index contributed by atoms with van der Waals surface area (Å²) < 4.78 is 13.6. The number of hydrogen-bond donors (Lipinski definition) is 1. The van der Waals surface area contributed by atoms with Crippen LogP contribution in [0.15, 0.2) is 12.1 Å². The molecule has 1 aromatic carbocycles. The second kappa shape index (κ2) is 6.18. The van der Waals surface area contributed by atoms with E-state index in [0.717, 1.165) is 16.7 Å². The quantitative estimate of drug-likeness (QED) is 0.859. The second-order valence-corrected chi connectivity index (χ2v) is 5.75. The highest BCUT2D eigenvalue weighted by molar-refractivity contribution is 5.77. The molecular weight excluding hydrogens is 241 g/mol. The lowest BCUT2D eigenvalue weighted by Gasteiger charge is -2.21. The average molecular weight is 265 g/mol. The van der Waals surface area contributed by atoms with Gasteiger partial charge >= 0.3 is 0 Å². The fraction of sp³-hybridized carbons (Fsp3) is 0.562. The number of primary amides is 1. The predicted molar refractivity (Wildman–Crippen MR) is 77.0 cm³/mol. The zero-order valence-electron chi connectivity index (χ0n) is 12.5. The molecule has 2 nitrogen and oxygen atoms in total. The summed E-state index contributed by atoms with van der Waals surface area (Å²) >= 11 is 0. The van der Waals surface area contributed by atoms with Crippen LogP contribution < -0.4 is 5.73 Å². The van der Waals surface area contributed by atoms with Gasteiger partial charge in [-0.3, -0.25) is 4.79 Å². The normalized spacial score (nSPS) is 13.1. The van der Waals surface area contributed by atoms with Gasteiger partial charge in [0.25, 0.3) is 0 Å². The van der Waals surface area contributed by atoms with Crippen molar-refractivity contribution in [2.24, 2.45) is 5.73 Å². The number of alkyl halides is 1. The van der Waals surface area contributed by atoms with E-state index in [2.05, 4.69) is 27.7 Å². The molecule has 1 aromatic rings. The van der Waals surface area contributed by atoms with E-state index in [9.17, 15) is 9.18 Å². The summed E-state index contributed by atoms with van der Waals surface area (Å²) in [4.78, 5) is 11.3. The first-order chi connectivity index (χ1) is 8.73. The Morgan fingerprint density at radius 1 is 1.11 bits per heavy atom. The molecule has 0 spiro atoms. The third kappa shape index (κ3) is 3.79. The van der Waals surface area contributed by atoms with Gasteiger partial charge in [-0.25, -0.2) is 4.39 Å². The molecule has 0 bridgehead atoms. The largest absolute Gasteiger partial charge is 0.369 e. The molecule has 0 radical (unpaired) electrons. The number of carbonyl (C=O) groups excluding carboxylic acids is 1. The van der Waals surface area contributed by atoms with Crippen LogP contribution in [0.3, 0.4) is 0 Å². The lowest BCUT2D eigenvalue weighted by atomic mass is 9.84. The Balaban J connectivity index is 3.50. The van der Waals surface area contributed by atoms with Crippen LogP contribution in [0.1, 0.15) is 74.9 Å². The summed E-state index contributed by atoms with van der Waals surface area (Å²) in [5.41, 5.74) is 9.07. The smallest absolute Gasteiger partial charge is 0.221 e. The van der Waals surface area contributed by atoms with Crippen molar-refractivity contribution >= 4 is 5.91 Å². The monoisotopic (exact) mass is 265 g/mol. The maximum atomic E-state index is 13.6. The molecule has 3 heteroatoms. The van der Waals surface area contributed by atoms with Crippen LogP contribution >= 0.6 is 0 Å². The van der Waals surface area contributed by atoms with Gasteiger partial charge in [0.2, 0.25) is 5.91 Å². The predicted octanol–water partition coefficient (Wildman–Crippen LogP) is 3.99. The van der Waals surface area contributed by atoms with Crippen molar-refractivity contribution in [2.75, 3.05) is 0 Å². The fourth-order valence-electron chi connectivity index (χ4n) is 2.38. The molecule has 2 N–H and O–H groups in total.